The highest BCUT2D eigenvalue weighted by Gasteiger charge is 2.32. The first-order chi connectivity index (χ1) is 17.5. The minimum Gasteiger partial charge on any atom is -0.355 e. The van der Waals surface area contributed by atoms with Crippen molar-refractivity contribution in [1.29, 1.82) is 0 Å². The predicted molar refractivity (Wildman–Crippen MR) is 150 cm³/mol. The fourth-order valence-electron chi connectivity index (χ4n) is 3.62. The van der Waals surface area contributed by atoms with Crippen molar-refractivity contribution < 1.29 is 18.0 Å². The summed E-state index contributed by atoms with van der Waals surface area (Å²) in [6.07, 6.45) is 0. The lowest BCUT2D eigenvalue weighted by Gasteiger charge is -2.32. The molecule has 7 nitrogen and oxygen atoms in total. The molecular weight excluding hydrogens is 601 g/mol. The van der Waals surface area contributed by atoms with E-state index in [1.54, 1.807) is 74.5 Å². The smallest absolute Gasteiger partial charge is 0.264 e. The van der Waals surface area contributed by atoms with E-state index in [9.17, 15) is 18.0 Å². The third-order valence-corrected chi connectivity index (χ3v) is 8.58. The SMILES string of the molecule is CCNC(=O)[C@@H](C)N(Cc1ccc(Cl)c(Cl)c1)C(=O)CN(c1cccc(Br)c1)S(=O)(=O)c1ccccc1. The molecule has 3 aromatic carbocycles. The van der Waals surface area contributed by atoms with Crippen LogP contribution in [0.25, 0.3) is 0 Å². The van der Waals surface area contributed by atoms with Gasteiger partial charge in [-0.3, -0.25) is 13.9 Å². The zero-order chi connectivity index (χ0) is 27.2. The molecule has 0 aliphatic carbocycles. The Kier molecular flexibility index (Phi) is 10.0. The Labute approximate surface area is 235 Å². The van der Waals surface area contributed by atoms with Gasteiger partial charge in [0.05, 0.1) is 20.6 Å². The van der Waals surface area contributed by atoms with Crippen LogP contribution in [0.3, 0.4) is 0 Å². The molecule has 3 aromatic rings. The van der Waals surface area contributed by atoms with Crippen LogP contribution in [0, 0.1) is 0 Å². The van der Waals surface area contributed by atoms with E-state index in [0.29, 0.717) is 32.3 Å². The van der Waals surface area contributed by atoms with Crippen molar-refractivity contribution in [3.05, 3.63) is 92.9 Å². The highest BCUT2D eigenvalue weighted by Crippen LogP contribution is 2.28. The second kappa shape index (κ2) is 12.8. The van der Waals surface area contributed by atoms with Crippen LogP contribution in [0.4, 0.5) is 5.69 Å². The van der Waals surface area contributed by atoms with Gasteiger partial charge < -0.3 is 10.2 Å². The predicted octanol–water partition coefficient (Wildman–Crippen LogP) is 5.50. The Morgan fingerprint density at radius 1 is 0.973 bits per heavy atom. The van der Waals surface area contributed by atoms with E-state index >= 15 is 0 Å². The van der Waals surface area contributed by atoms with E-state index in [1.165, 1.54) is 17.0 Å². The molecule has 0 radical (unpaired) electrons. The molecule has 37 heavy (non-hydrogen) atoms. The fourth-order valence-corrected chi connectivity index (χ4v) is 5.75. The van der Waals surface area contributed by atoms with Gasteiger partial charge in [0.2, 0.25) is 11.8 Å². The number of nitrogens with one attached hydrogen (secondary N) is 1. The number of anilines is 1. The second-order valence-electron chi connectivity index (χ2n) is 8.15. The van der Waals surface area contributed by atoms with Gasteiger partial charge in [-0.2, -0.15) is 0 Å². The van der Waals surface area contributed by atoms with Crippen molar-refractivity contribution in [1.82, 2.24) is 10.2 Å². The van der Waals surface area contributed by atoms with Gasteiger partial charge in [-0.25, -0.2) is 8.42 Å². The van der Waals surface area contributed by atoms with Crippen LogP contribution < -0.4 is 9.62 Å². The van der Waals surface area contributed by atoms with Crippen molar-refractivity contribution in [2.75, 3.05) is 17.4 Å². The number of carbonyl (C=O) groups is 2. The van der Waals surface area contributed by atoms with Gasteiger partial charge in [0.25, 0.3) is 10.0 Å². The number of halogens is 3. The number of amides is 2. The molecule has 3 rings (SSSR count). The van der Waals surface area contributed by atoms with Crippen LogP contribution in [0.2, 0.25) is 10.0 Å². The summed E-state index contributed by atoms with van der Waals surface area (Å²) in [6, 6.07) is 18.6. The fraction of sp³-hybridized carbons (Fsp3) is 0.231. The third kappa shape index (κ3) is 7.25. The lowest BCUT2D eigenvalue weighted by molar-refractivity contribution is -0.139. The molecular formula is C26H26BrCl2N3O4S. The maximum Gasteiger partial charge on any atom is 0.264 e. The van der Waals surface area contributed by atoms with Crippen LogP contribution in [-0.4, -0.2) is 44.3 Å². The van der Waals surface area contributed by atoms with Crippen molar-refractivity contribution in [2.24, 2.45) is 0 Å². The maximum absolute atomic E-state index is 13.8. The summed E-state index contributed by atoms with van der Waals surface area (Å²) in [5.74, 6) is -0.930. The molecule has 0 heterocycles. The second-order valence-corrected chi connectivity index (χ2v) is 11.7. The highest BCUT2D eigenvalue weighted by atomic mass is 79.9. The lowest BCUT2D eigenvalue weighted by Crippen LogP contribution is -2.51. The summed E-state index contributed by atoms with van der Waals surface area (Å²) in [6.45, 7) is 3.24. The van der Waals surface area contributed by atoms with Gasteiger partial charge in [-0.1, -0.05) is 69.5 Å². The van der Waals surface area contributed by atoms with E-state index < -0.39 is 28.5 Å². The Bertz CT molecular complexity index is 1370. The summed E-state index contributed by atoms with van der Waals surface area (Å²) in [5, 5.41) is 3.38. The van der Waals surface area contributed by atoms with E-state index in [1.807, 2.05) is 0 Å². The monoisotopic (exact) mass is 625 g/mol. The molecule has 1 N–H and O–H groups in total. The highest BCUT2D eigenvalue weighted by molar-refractivity contribution is 9.10. The molecule has 2 amide bonds. The van der Waals surface area contributed by atoms with E-state index in [4.69, 9.17) is 23.2 Å². The summed E-state index contributed by atoms with van der Waals surface area (Å²) < 4.78 is 29.0. The first-order valence-electron chi connectivity index (χ1n) is 11.4. The first-order valence-corrected chi connectivity index (χ1v) is 14.4. The number of rotatable bonds is 10. The van der Waals surface area contributed by atoms with E-state index in [2.05, 4.69) is 21.2 Å². The molecule has 1 atom stereocenters. The summed E-state index contributed by atoms with van der Waals surface area (Å²) in [4.78, 5) is 27.9. The van der Waals surface area contributed by atoms with Crippen LogP contribution in [0.5, 0.6) is 0 Å². The van der Waals surface area contributed by atoms with Gasteiger partial charge in [0.1, 0.15) is 12.6 Å². The van der Waals surface area contributed by atoms with Crippen molar-refractivity contribution >= 4 is 66.7 Å². The third-order valence-electron chi connectivity index (χ3n) is 5.56. The van der Waals surface area contributed by atoms with E-state index in [-0.39, 0.29) is 17.3 Å². The standard InChI is InChI=1S/C26H26BrCl2N3O4S/c1-3-30-26(34)18(2)31(16-19-12-13-23(28)24(29)14-19)25(33)17-32(21-9-7-8-20(27)15-21)37(35,36)22-10-5-4-6-11-22/h4-15,18H,3,16-17H2,1-2H3,(H,30,34)/t18-/m1/s1. The Hall–Kier alpha value is -2.59. The molecule has 11 heteroatoms. The number of sulfonamides is 1. The Morgan fingerprint density at radius 3 is 2.30 bits per heavy atom. The van der Waals surface area contributed by atoms with Gasteiger partial charge in [-0.05, 0) is 61.9 Å². The number of nitrogens with zero attached hydrogens (tertiary/aromatic N) is 2. The van der Waals surface area contributed by atoms with Gasteiger partial charge in [0, 0.05) is 17.6 Å². The summed E-state index contributed by atoms with van der Waals surface area (Å²) >= 11 is 15.6. The van der Waals surface area contributed by atoms with E-state index in [0.717, 1.165) is 4.31 Å². The van der Waals surface area contributed by atoms with Crippen molar-refractivity contribution in [3.63, 3.8) is 0 Å². The van der Waals surface area contributed by atoms with Crippen molar-refractivity contribution in [3.8, 4) is 0 Å². The number of likely N-dealkylation sites (N-methyl/N-ethyl adjacent to an activating group) is 1. The Morgan fingerprint density at radius 2 is 1.68 bits per heavy atom. The average molecular weight is 627 g/mol. The maximum atomic E-state index is 13.8. The quantitative estimate of drug-likeness (QED) is 0.322. The summed E-state index contributed by atoms with van der Waals surface area (Å²) in [5.41, 5.74) is 0.936. The normalized spacial score (nSPS) is 12.0. The van der Waals surface area contributed by atoms with Crippen LogP contribution in [-0.2, 0) is 26.2 Å². The molecule has 0 aliphatic heterocycles. The van der Waals surface area contributed by atoms with Crippen LogP contribution in [0.1, 0.15) is 19.4 Å². The molecule has 0 aliphatic rings. The van der Waals surface area contributed by atoms with Crippen molar-refractivity contribution in [2.45, 2.75) is 31.3 Å². The van der Waals surface area contributed by atoms with Gasteiger partial charge >= 0.3 is 0 Å². The number of carbonyl (C=O) groups excluding carboxylic acids is 2. The topological polar surface area (TPSA) is 86.8 Å². The molecule has 196 valence electrons. The Balaban J connectivity index is 2.03. The zero-order valence-corrected chi connectivity index (χ0v) is 24.1. The van der Waals surface area contributed by atoms with Crippen LogP contribution >= 0.6 is 39.1 Å². The largest absolute Gasteiger partial charge is 0.355 e. The minimum atomic E-state index is -4.11. The van der Waals surface area contributed by atoms with Gasteiger partial charge in [0.15, 0.2) is 0 Å². The average Bonchev–Trinajstić information content (AvgIpc) is 2.87. The molecule has 0 unspecified atom stereocenters. The molecule has 0 saturated carbocycles. The van der Waals surface area contributed by atoms with Crippen LogP contribution in [0.15, 0.2) is 82.2 Å². The number of benzene rings is 3. The zero-order valence-electron chi connectivity index (χ0n) is 20.2. The molecule has 0 fully saturated rings. The molecule has 0 saturated heterocycles. The summed E-state index contributed by atoms with van der Waals surface area (Å²) in [7, 11) is -4.11. The minimum absolute atomic E-state index is 0.0196. The molecule has 0 spiro atoms. The molecule has 0 bridgehead atoms. The first kappa shape index (κ1) is 29.0. The lowest BCUT2D eigenvalue weighted by atomic mass is 10.1. The van der Waals surface area contributed by atoms with Gasteiger partial charge in [-0.15, -0.1) is 0 Å². The number of hydrogen-bond donors (Lipinski definition) is 1. The molecule has 0 aromatic heterocycles. The number of hydrogen-bond acceptors (Lipinski definition) is 4.